The van der Waals surface area contributed by atoms with Crippen LogP contribution in [0.3, 0.4) is 0 Å². The number of aryl methyl sites for hydroxylation is 1. The van der Waals surface area contributed by atoms with Crippen molar-refractivity contribution in [3.05, 3.63) is 60.6 Å². The molecule has 2 N–H and O–H groups in total. The predicted molar refractivity (Wildman–Crippen MR) is 174 cm³/mol. The van der Waals surface area contributed by atoms with Gasteiger partial charge in [0.2, 0.25) is 5.95 Å². The van der Waals surface area contributed by atoms with Crippen LogP contribution in [0.25, 0.3) is 17.1 Å². The maximum absolute atomic E-state index is 13.4. The molecule has 0 saturated carbocycles. The molecular formula is C31H39N8O2P. The van der Waals surface area contributed by atoms with Gasteiger partial charge in [0.25, 0.3) is 0 Å². The number of nitrogens with one attached hydrogen (secondary N) is 2. The van der Waals surface area contributed by atoms with Gasteiger partial charge in [0, 0.05) is 55.0 Å². The summed E-state index contributed by atoms with van der Waals surface area (Å²) in [6.07, 6.45) is 8.64. The SMILES string of the molecule is C=Cc1cnc(Nc2cc(CC)c(N3CCC(N(C)C)C3)cc2OC)nc1Nc1ccc2nccnc2c1P(C)(C)=O. The Kier molecular flexibility index (Phi) is 8.48. The number of fused-ring (bicyclic) bond motifs is 1. The molecule has 0 spiro atoms. The normalized spacial score (nSPS) is 15.3. The molecule has 42 heavy (non-hydrogen) atoms. The van der Waals surface area contributed by atoms with Gasteiger partial charge in [-0.2, -0.15) is 4.98 Å². The average molecular weight is 587 g/mol. The summed E-state index contributed by atoms with van der Waals surface area (Å²) in [7, 11) is 3.21. The second-order valence-corrected chi connectivity index (χ2v) is 14.2. The van der Waals surface area contributed by atoms with Gasteiger partial charge in [0.05, 0.1) is 29.3 Å². The third kappa shape index (κ3) is 5.96. The molecule has 1 aliphatic rings. The van der Waals surface area contributed by atoms with Gasteiger partial charge in [-0.15, -0.1) is 0 Å². The Balaban J connectivity index is 1.49. The van der Waals surface area contributed by atoms with E-state index in [1.54, 1.807) is 45.1 Å². The summed E-state index contributed by atoms with van der Waals surface area (Å²) >= 11 is 0. The van der Waals surface area contributed by atoms with Crippen molar-refractivity contribution in [1.82, 2.24) is 24.8 Å². The van der Waals surface area contributed by atoms with Crippen LogP contribution < -0.4 is 25.6 Å². The van der Waals surface area contributed by atoms with Gasteiger partial charge in [0.1, 0.15) is 24.2 Å². The van der Waals surface area contributed by atoms with Gasteiger partial charge in [-0.25, -0.2) is 4.98 Å². The molecule has 1 atom stereocenters. The number of nitrogens with zero attached hydrogens (tertiary/aromatic N) is 6. The molecule has 1 aliphatic heterocycles. The lowest BCUT2D eigenvalue weighted by molar-refractivity contribution is 0.315. The van der Waals surface area contributed by atoms with E-state index < -0.39 is 7.14 Å². The average Bonchev–Trinajstić information content (AvgIpc) is 3.47. The summed E-state index contributed by atoms with van der Waals surface area (Å²) in [6, 6.07) is 8.49. The summed E-state index contributed by atoms with van der Waals surface area (Å²) in [5.74, 6) is 1.64. The Bertz CT molecular complexity index is 1670. The molecular weight excluding hydrogens is 547 g/mol. The number of benzene rings is 2. The molecule has 1 unspecified atom stereocenters. The molecule has 3 heterocycles. The van der Waals surface area contributed by atoms with Crippen molar-refractivity contribution in [2.24, 2.45) is 0 Å². The highest BCUT2D eigenvalue weighted by molar-refractivity contribution is 7.71. The lowest BCUT2D eigenvalue weighted by Crippen LogP contribution is -2.31. The molecule has 0 aliphatic carbocycles. The number of aromatic nitrogens is 4. The Morgan fingerprint density at radius 2 is 1.93 bits per heavy atom. The van der Waals surface area contributed by atoms with Crippen LogP contribution in [0.5, 0.6) is 5.75 Å². The maximum atomic E-state index is 13.4. The maximum Gasteiger partial charge on any atom is 0.229 e. The van der Waals surface area contributed by atoms with Crippen molar-refractivity contribution in [3.63, 3.8) is 0 Å². The van der Waals surface area contributed by atoms with Crippen molar-refractivity contribution in [2.75, 3.05) is 63.2 Å². The minimum Gasteiger partial charge on any atom is -0.494 e. The van der Waals surface area contributed by atoms with Crippen LogP contribution in [0.1, 0.15) is 24.5 Å². The number of ether oxygens (including phenoxy) is 1. The number of rotatable bonds is 10. The van der Waals surface area contributed by atoms with E-state index in [0.717, 1.165) is 37.4 Å². The molecule has 11 heteroatoms. The predicted octanol–water partition coefficient (Wildman–Crippen LogP) is 5.51. The molecule has 10 nitrogen and oxygen atoms in total. The fraction of sp³-hybridized carbons (Fsp3) is 0.355. The van der Waals surface area contributed by atoms with E-state index in [2.05, 4.69) is 75.1 Å². The smallest absolute Gasteiger partial charge is 0.229 e. The lowest BCUT2D eigenvalue weighted by Gasteiger charge is -2.25. The molecule has 2 aromatic carbocycles. The lowest BCUT2D eigenvalue weighted by atomic mass is 10.1. The van der Waals surface area contributed by atoms with Crippen molar-refractivity contribution in [2.45, 2.75) is 25.8 Å². The monoisotopic (exact) mass is 586 g/mol. The number of hydrogen-bond acceptors (Lipinski definition) is 10. The van der Waals surface area contributed by atoms with Crippen LogP contribution in [0.4, 0.5) is 28.8 Å². The molecule has 4 aromatic rings. The van der Waals surface area contributed by atoms with Crippen molar-refractivity contribution < 1.29 is 9.30 Å². The van der Waals surface area contributed by atoms with Crippen LogP contribution in [-0.2, 0) is 11.0 Å². The summed E-state index contributed by atoms with van der Waals surface area (Å²) in [6.45, 7) is 11.6. The van der Waals surface area contributed by atoms with Crippen molar-refractivity contribution >= 4 is 58.4 Å². The summed E-state index contributed by atoms with van der Waals surface area (Å²) in [5, 5.41) is 7.38. The van der Waals surface area contributed by atoms with E-state index in [0.29, 0.717) is 45.4 Å². The molecule has 1 fully saturated rings. The number of anilines is 5. The molecule has 0 amide bonds. The first-order valence-electron chi connectivity index (χ1n) is 14.1. The van der Waals surface area contributed by atoms with Crippen LogP contribution >= 0.6 is 7.14 Å². The van der Waals surface area contributed by atoms with Crippen LogP contribution in [0, 0.1) is 0 Å². The first kappa shape index (κ1) is 29.5. The van der Waals surface area contributed by atoms with Crippen LogP contribution in [0.2, 0.25) is 0 Å². The summed E-state index contributed by atoms with van der Waals surface area (Å²) in [4.78, 5) is 23.0. The second kappa shape index (κ2) is 12.1. The number of methoxy groups -OCH3 is 1. The molecule has 220 valence electrons. The Hall–Kier alpha value is -4.01. The fourth-order valence-corrected chi connectivity index (χ4v) is 6.85. The van der Waals surface area contributed by atoms with Gasteiger partial charge in [-0.1, -0.05) is 19.6 Å². The van der Waals surface area contributed by atoms with E-state index in [1.165, 1.54) is 11.3 Å². The van der Waals surface area contributed by atoms with Gasteiger partial charge in [0.15, 0.2) is 0 Å². The fourth-order valence-electron chi connectivity index (χ4n) is 5.46. The van der Waals surface area contributed by atoms with E-state index in [9.17, 15) is 4.57 Å². The quantitative estimate of drug-likeness (QED) is 0.231. The van der Waals surface area contributed by atoms with Crippen molar-refractivity contribution in [1.29, 1.82) is 0 Å². The molecule has 2 aromatic heterocycles. The Morgan fingerprint density at radius 1 is 1.14 bits per heavy atom. The highest BCUT2D eigenvalue weighted by atomic mass is 31.2. The molecule has 5 rings (SSSR count). The topological polar surface area (TPSA) is 108 Å². The highest BCUT2D eigenvalue weighted by Crippen LogP contribution is 2.41. The first-order valence-corrected chi connectivity index (χ1v) is 16.7. The van der Waals surface area contributed by atoms with Gasteiger partial charge >= 0.3 is 0 Å². The van der Waals surface area contributed by atoms with E-state index in [1.807, 2.05) is 12.1 Å². The summed E-state index contributed by atoms with van der Waals surface area (Å²) in [5.41, 5.74) is 5.86. The number of hydrogen-bond donors (Lipinski definition) is 2. The number of likely N-dealkylation sites (N-methyl/N-ethyl adjacent to an activating group) is 1. The third-order valence-corrected chi connectivity index (χ3v) is 9.23. The zero-order valence-corrected chi connectivity index (χ0v) is 26.1. The molecule has 0 radical (unpaired) electrons. The summed E-state index contributed by atoms with van der Waals surface area (Å²) < 4.78 is 19.2. The standard InChI is InChI=1S/C31H39N8O2P/c1-8-20-16-25(27(41-5)17-26(20)39-15-12-22(19-39)38(3)4)36-31-34-18-21(9-2)30(37-31)35-24-11-10-23-28(33-14-13-32-23)29(24)42(6,7)40/h9-11,13-14,16-18,22H,2,8,12,15,19H2,1,3-7H3,(H2,34,35,36,37). The van der Waals surface area contributed by atoms with Crippen LogP contribution in [-0.4, -0.2) is 78.5 Å². The zero-order valence-electron chi connectivity index (χ0n) is 25.2. The van der Waals surface area contributed by atoms with E-state index in [4.69, 9.17) is 9.72 Å². The van der Waals surface area contributed by atoms with Gasteiger partial charge in [-0.05, 0) is 64.0 Å². The van der Waals surface area contributed by atoms with E-state index >= 15 is 0 Å². The zero-order chi connectivity index (χ0) is 30.0. The second-order valence-electron chi connectivity index (χ2n) is 11.1. The first-order chi connectivity index (χ1) is 20.1. The van der Waals surface area contributed by atoms with Gasteiger partial charge < -0.3 is 29.7 Å². The molecule has 0 bridgehead atoms. The van der Waals surface area contributed by atoms with Crippen molar-refractivity contribution in [3.8, 4) is 5.75 Å². The largest absolute Gasteiger partial charge is 0.494 e. The minimum absolute atomic E-state index is 0.392. The highest BCUT2D eigenvalue weighted by Gasteiger charge is 2.27. The van der Waals surface area contributed by atoms with Crippen LogP contribution in [0.15, 0.2) is 49.4 Å². The van der Waals surface area contributed by atoms with Gasteiger partial charge in [-0.3, -0.25) is 9.97 Å². The minimum atomic E-state index is -2.74. The third-order valence-electron chi connectivity index (χ3n) is 7.70. The van der Waals surface area contributed by atoms with E-state index in [-0.39, 0.29) is 0 Å². The Morgan fingerprint density at radius 3 is 2.60 bits per heavy atom. The molecule has 1 saturated heterocycles. The Labute approximate surface area is 247 Å².